The molecule has 1 aliphatic heterocycles. The van der Waals surface area contributed by atoms with Gasteiger partial charge in [0.05, 0.1) is 17.0 Å². The minimum Gasteiger partial charge on any atom is -0.322 e. The van der Waals surface area contributed by atoms with Crippen LogP contribution in [0.1, 0.15) is 29.3 Å². The third-order valence-electron chi connectivity index (χ3n) is 4.23. The van der Waals surface area contributed by atoms with Gasteiger partial charge in [0.2, 0.25) is 10.0 Å². The molecule has 1 heterocycles. The Bertz CT molecular complexity index is 912. The summed E-state index contributed by atoms with van der Waals surface area (Å²) < 4.78 is 26.9. The number of sulfonamides is 1. The van der Waals surface area contributed by atoms with Crippen molar-refractivity contribution in [1.29, 1.82) is 0 Å². The van der Waals surface area contributed by atoms with Gasteiger partial charge in [0.1, 0.15) is 0 Å². The van der Waals surface area contributed by atoms with Gasteiger partial charge in [0.15, 0.2) is 0 Å². The largest absolute Gasteiger partial charge is 0.322 e. The maximum atomic E-state index is 12.5. The number of nitrogens with zero attached hydrogens (tertiary/aromatic N) is 1. The van der Waals surface area contributed by atoms with Crippen LogP contribution in [0.5, 0.6) is 0 Å². The summed E-state index contributed by atoms with van der Waals surface area (Å²) in [7, 11) is -3.27. The first kappa shape index (κ1) is 18.2. The van der Waals surface area contributed by atoms with Crippen LogP contribution < -0.4 is 9.62 Å². The quantitative estimate of drug-likeness (QED) is 0.694. The highest BCUT2D eigenvalue weighted by atomic mass is 127. The number of carbonyl (C=O) groups is 1. The van der Waals surface area contributed by atoms with E-state index in [4.69, 9.17) is 0 Å². The van der Waals surface area contributed by atoms with Gasteiger partial charge in [-0.25, -0.2) is 8.42 Å². The van der Waals surface area contributed by atoms with Crippen LogP contribution >= 0.6 is 22.6 Å². The van der Waals surface area contributed by atoms with Gasteiger partial charge in [-0.15, -0.1) is 0 Å². The predicted molar refractivity (Wildman–Crippen MR) is 109 cm³/mol. The van der Waals surface area contributed by atoms with E-state index in [2.05, 4.69) is 27.9 Å². The molecule has 2 aromatic carbocycles. The van der Waals surface area contributed by atoms with E-state index in [9.17, 15) is 13.2 Å². The average molecular weight is 470 g/mol. The number of fused-ring (bicyclic) bond motifs is 1. The lowest BCUT2D eigenvalue weighted by Gasteiger charge is -2.30. The van der Waals surface area contributed by atoms with Crippen LogP contribution in [0.25, 0.3) is 0 Å². The van der Waals surface area contributed by atoms with Crippen LogP contribution in [0.3, 0.4) is 0 Å². The standard InChI is InChI=1S/C18H19IN2O3S/c1-2-25(23,24)21-11-5-6-13-12-14(9-10-17(13)21)20-18(22)15-7-3-4-8-16(15)19/h3-4,7-10,12H,2,5-6,11H2,1H3,(H,20,22). The van der Waals surface area contributed by atoms with Crippen molar-refractivity contribution in [2.75, 3.05) is 21.9 Å². The summed E-state index contributed by atoms with van der Waals surface area (Å²) in [6.07, 6.45) is 1.58. The molecular formula is C18H19IN2O3S. The molecule has 0 spiro atoms. The number of hydrogen-bond acceptors (Lipinski definition) is 3. The van der Waals surface area contributed by atoms with Crippen LogP contribution in [0.4, 0.5) is 11.4 Å². The number of carbonyl (C=O) groups excluding carboxylic acids is 1. The van der Waals surface area contributed by atoms with Crippen molar-refractivity contribution >= 4 is 49.9 Å². The second kappa shape index (κ2) is 7.33. The molecule has 1 aliphatic rings. The topological polar surface area (TPSA) is 66.5 Å². The van der Waals surface area contributed by atoms with Crippen molar-refractivity contribution in [1.82, 2.24) is 0 Å². The van der Waals surface area contributed by atoms with Gasteiger partial charge < -0.3 is 5.32 Å². The van der Waals surface area contributed by atoms with Crippen molar-refractivity contribution in [3.8, 4) is 0 Å². The first-order valence-electron chi connectivity index (χ1n) is 8.11. The summed E-state index contributed by atoms with van der Waals surface area (Å²) in [4.78, 5) is 12.5. The number of nitrogens with one attached hydrogen (secondary N) is 1. The first-order chi connectivity index (χ1) is 11.9. The Hall–Kier alpha value is -1.61. The second-order valence-corrected chi connectivity index (χ2v) is 9.20. The molecule has 0 aromatic heterocycles. The molecule has 132 valence electrons. The van der Waals surface area contributed by atoms with E-state index in [1.54, 1.807) is 25.1 Å². The summed E-state index contributed by atoms with van der Waals surface area (Å²) >= 11 is 2.13. The fourth-order valence-corrected chi connectivity index (χ4v) is 4.76. The molecule has 1 N–H and O–H groups in total. The highest BCUT2D eigenvalue weighted by Crippen LogP contribution is 2.32. The molecule has 0 radical (unpaired) electrons. The molecule has 0 saturated carbocycles. The Kier molecular flexibility index (Phi) is 5.33. The molecule has 5 nitrogen and oxygen atoms in total. The number of amides is 1. The van der Waals surface area contributed by atoms with E-state index in [0.29, 0.717) is 17.8 Å². The van der Waals surface area contributed by atoms with E-state index in [0.717, 1.165) is 27.7 Å². The Morgan fingerprint density at radius 3 is 2.72 bits per heavy atom. The van der Waals surface area contributed by atoms with Crippen molar-refractivity contribution in [2.45, 2.75) is 19.8 Å². The fraction of sp³-hybridized carbons (Fsp3) is 0.278. The number of benzene rings is 2. The van der Waals surface area contributed by atoms with Crippen LogP contribution in [0.2, 0.25) is 0 Å². The van der Waals surface area contributed by atoms with Gasteiger partial charge in [-0.2, -0.15) is 0 Å². The third-order valence-corrected chi connectivity index (χ3v) is 6.95. The van der Waals surface area contributed by atoms with Gasteiger partial charge in [-0.1, -0.05) is 12.1 Å². The molecule has 0 saturated heterocycles. The Labute approximate surface area is 161 Å². The van der Waals surface area contributed by atoms with E-state index in [1.807, 2.05) is 24.3 Å². The molecule has 0 fully saturated rings. The monoisotopic (exact) mass is 470 g/mol. The number of anilines is 2. The zero-order valence-corrected chi connectivity index (χ0v) is 16.8. The Balaban J connectivity index is 1.87. The molecule has 7 heteroatoms. The molecular weight excluding hydrogens is 451 g/mol. The molecule has 3 rings (SSSR count). The molecule has 0 atom stereocenters. The number of rotatable bonds is 4. The van der Waals surface area contributed by atoms with Crippen molar-refractivity contribution < 1.29 is 13.2 Å². The van der Waals surface area contributed by atoms with E-state index >= 15 is 0 Å². The normalized spacial score (nSPS) is 14.1. The molecule has 2 aromatic rings. The summed E-state index contributed by atoms with van der Waals surface area (Å²) in [6.45, 7) is 2.16. The molecule has 0 bridgehead atoms. The van der Waals surface area contributed by atoms with Crippen molar-refractivity contribution in [3.05, 3.63) is 57.2 Å². The summed E-state index contributed by atoms with van der Waals surface area (Å²) in [5.74, 6) is -0.0871. The lowest BCUT2D eigenvalue weighted by Crippen LogP contribution is -2.36. The fourth-order valence-electron chi connectivity index (χ4n) is 2.93. The summed E-state index contributed by atoms with van der Waals surface area (Å²) in [5.41, 5.74) is 2.97. The Morgan fingerprint density at radius 2 is 2.00 bits per heavy atom. The van der Waals surface area contributed by atoms with Crippen molar-refractivity contribution in [2.24, 2.45) is 0 Å². The van der Waals surface area contributed by atoms with Crippen LogP contribution in [0.15, 0.2) is 42.5 Å². The second-order valence-electron chi connectivity index (χ2n) is 5.85. The highest BCUT2D eigenvalue weighted by Gasteiger charge is 2.26. The number of halogens is 1. The number of aryl methyl sites for hydroxylation is 1. The van der Waals surface area contributed by atoms with Crippen LogP contribution in [0, 0.1) is 3.57 Å². The first-order valence-corrected chi connectivity index (χ1v) is 10.8. The minimum absolute atomic E-state index is 0.0807. The zero-order valence-electron chi connectivity index (χ0n) is 13.8. The molecule has 1 amide bonds. The lowest BCUT2D eigenvalue weighted by molar-refractivity contribution is 0.102. The van der Waals surface area contributed by atoms with E-state index in [1.165, 1.54) is 4.31 Å². The Morgan fingerprint density at radius 1 is 1.24 bits per heavy atom. The smallest absolute Gasteiger partial charge is 0.256 e. The SMILES string of the molecule is CCS(=O)(=O)N1CCCc2cc(NC(=O)c3ccccc3I)ccc21. The van der Waals surface area contributed by atoms with Gasteiger partial charge in [-0.05, 0) is 78.3 Å². The number of hydrogen-bond donors (Lipinski definition) is 1. The van der Waals surface area contributed by atoms with Crippen LogP contribution in [-0.2, 0) is 16.4 Å². The zero-order chi connectivity index (χ0) is 18.0. The summed E-state index contributed by atoms with van der Waals surface area (Å²) in [6, 6.07) is 12.8. The molecule has 0 unspecified atom stereocenters. The van der Waals surface area contributed by atoms with Crippen molar-refractivity contribution in [3.63, 3.8) is 0 Å². The highest BCUT2D eigenvalue weighted by molar-refractivity contribution is 14.1. The van der Waals surface area contributed by atoms with E-state index in [-0.39, 0.29) is 11.7 Å². The predicted octanol–water partition coefficient (Wildman–Crippen LogP) is 3.65. The lowest BCUT2D eigenvalue weighted by atomic mass is 10.0. The summed E-state index contributed by atoms with van der Waals surface area (Å²) in [5, 5.41) is 2.91. The van der Waals surface area contributed by atoms with Gasteiger partial charge in [0, 0.05) is 15.8 Å². The van der Waals surface area contributed by atoms with Gasteiger partial charge >= 0.3 is 0 Å². The van der Waals surface area contributed by atoms with Crippen LogP contribution in [-0.4, -0.2) is 26.6 Å². The minimum atomic E-state index is -3.27. The van der Waals surface area contributed by atoms with Gasteiger partial charge in [0.25, 0.3) is 5.91 Å². The maximum Gasteiger partial charge on any atom is 0.256 e. The van der Waals surface area contributed by atoms with E-state index < -0.39 is 10.0 Å². The maximum absolute atomic E-state index is 12.5. The van der Waals surface area contributed by atoms with Gasteiger partial charge in [-0.3, -0.25) is 9.10 Å². The molecule has 25 heavy (non-hydrogen) atoms. The molecule has 0 aliphatic carbocycles. The average Bonchev–Trinajstić information content (AvgIpc) is 2.61. The third kappa shape index (κ3) is 3.82.